The first-order valence-corrected chi connectivity index (χ1v) is 29.7. The van der Waals surface area contributed by atoms with E-state index >= 15 is 0 Å². The maximum Gasteiger partial charge on any atom is 0.414 e. The monoisotopic (exact) mass is 1160 g/mol. The summed E-state index contributed by atoms with van der Waals surface area (Å²) in [4.78, 5) is 67.9. The van der Waals surface area contributed by atoms with Crippen molar-refractivity contribution in [2.75, 3.05) is 33.5 Å². The number of benzene rings is 5. The van der Waals surface area contributed by atoms with Crippen molar-refractivity contribution in [2.24, 2.45) is 4.99 Å². The Kier molecular flexibility index (Phi) is 20.6. The molecule has 3 N–H and O–H groups in total. The predicted octanol–water partition coefficient (Wildman–Crippen LogP) is 17.4. The molecule has 0 unspecified atom stereocenters. The second-order valence-electron chi connectivity index (χ2n) is 25.9. The SMILES string of the molecule is CC1=CC(=Nc2cc(C)c(N(CCCCCCCCCN(C(=O)OC(C)(C)C)c3ccc4nc5cc(C)c(NC(=O)OC(C)(C)C)cc5[n+](-c5ccccc5)c4c3C)C(=O)OC(C)(C)C)cc2Nc2ccccc2)CC=C1NC(=O)OC(C)(C)C. The van der Waals surface area contributed by atoms with E-state index in [4.69, 9.17) is 28.9 Å². The van der Waals surface area contributed by atoms with Gasteiger partial charge in [0.2, 0.25) is 16.7 Å². The zero-order valence-electron chi connectivity index (χ0n) is 53.0. The van der Waals surface area contributed by atoms with E-state index in [1.54, 1.807) is 9.80 Å². The molecule has 6 aromatic rings. The Labute approximate surface area is 503 Å². The number of aromatic nitrogens is 2. The number of nitrogens with one attached hydrogen (secondary N) is 3. The van der Waals surface area contributed by atoms with Gasteiger partial charge in [0.1, 0.15) is 33.4 Å². The van der Waals surface area contributed by atoms with Crippen LogP contribution in [-0.2, 0) is 18.9 Å². The van der Waals surface area contributed by atoms with Crippen LogP contribution >= 0.6 is 0 Å². The van der Waals surface area contributed by atoms with Gasteiger partial charge in [0.25, 0.3) is 0 Å². The third-order valence-corrected chi connectivity index (χ3v) is 13.7. The maximum absolute atomic E-state index is 14.3. The summed E-state index contributed by atoms with van der Waals surface area (Å²) in [5.74, 6) is 0. The van der Waals surface area contributed by atoms with Crippen molar-refractivity contribution in [1.29, 1.82) is 0 Å². The zero-order chi connectivity index (χ0) is 62.0. The lowest BCUT2D eigenvalue weighted by Gasteiger charge is -2.29. The van der Waals surface area contributed by atoms with Crippen molar-refractivity contribution in [3.8, 4) is 5.69 Å². The average molecular weight is 1160 g/mol. The summed E-state index contributed by atoms with van der Waals surface area (Å²) in [5, 5.41) is 9.40. The molecule has 5 aromatic carbocycles. The summed E-state index contributed by atoms with van der Waals surface area (Å²) in [6.45, 7) is 31.0. The Hall–Kier alpha value is -8.27. The minimum absolute atomic E-state index is 0.422. The van der Waals surface area contributed by atoms with E-state index in [-0.39, 0.29) is 0 Å². The molecule has 0 spiro atoms. The van der Waals surface area contributed by atoms with E-state index in [2.05, 4.69) is 20.5 Å². The highest BCUT2D eigenvalue weighted by Crippen LogP contribution is 2.38. The van der Waals surface area contributed by atoms with Gasteiger partial charge in [-0.1, -0.05) is 74.6 Å². The molecule has 0 saturated carbocycles. The molecule has 0 atom stereocenters. The molecule has 0 aliphatic heterocycles. The second kappa shape index (κ2) is 27.2. The predicted molar refractivity (Wildman–Crippen MR) is 343 cm³/mol. The molecular formula is C69H89N8O8+. The van der Waals surface area contributed by atoms with Crippen LogP contribution in [0.4, 0.5) is 53.3 Å². The highest BCUT2D eigenvalue weighted by molar-refractivity contribution is 6.02. The topological polar surface area (TPSA) is 177 Å². The fraction of sp³-hybridized carbons (Fsp3) is 0.435. The van der Waals surface area contributed by atoms with Crippen molar-refractivity contribution < 1.29 is 42.7 Å². The van der Waals surface area contributed by atoms with Crippen LogP contribution in [0.2, 0.25) is 0 Å². The van der Waals surface area contributed by atoms with Gasteiger partial charge in [-0.3, -0.25) is 25.4 Å². The van der Waals surface area contributed by atoms with Gasteiger partial charge in [-0.2, -0.15) is 0 Å². The maximum atomic E-state index is 14.3. The first kappa shape index (κ1) is 64.3. The van der Waals surface area contributed by atoms with E-state index in [1.807, 2.05) is 220 Å². The number of ether oxygens (including phenoxy) is 4. The average Bonchev–Trinajstić information content (AvgIpc) is 1.28. The van der Waals surface area contributed by atoms with E-state index in [0.717, 1.165) is 123 Å². The number of carbonyl (C=O) groups excluding carboxylic acids is 4. The minimum atomic E-state index is -0.727. The molecule has 4 amide bonds. The van der Waals surface area contributed by atoms with E-state index in [0.29, 0.717) is 36.6 Å². The Morgan fingerprint density at radius 1 is 0.565 bits per heavy atom. The fourth-order valence-corrected chi connectivity index (χ4v) is 10.0. The highest BCUT2D eigenvalue weighted by Gasteiger charge is 2.31. The molecule has 16 nitrogen and oxygen atoms in total. The minimum Gasteiger partial charge on any atom is -0.444 e. The number of allylic oxidation sites excluding steroid dienone is 3. The number of aryl methyl sites for hydroxylation is 3. The molecule has 0 saturated heterocycles. The van der Waals surface area contributed by atoms with Gasteiger partial charge in [0.05, 0.1) is 28.4 Å². The standard InChI is InChI=1S/C69H88N8O8/c1-45-40-50(34-35-52(45)73-62(78)82-66(5,6)7)71-55-42-47(3)59(44-56(55)70-49-30-24-22-25-31-49)76(65(81)85-69(14,15)16)39-29-21-19-17-18-20-28-38-75(64(80)84-68(11,12)13)58-37-36-53-61(48(58)4)77(51-32-26-23-27-33-51)60-43-54(46(2)41-57(60)72-53)74-63(79)83-67(8,9)10/h22-27,30-33,35-37,40-44,70H,17-21,28-29,34,38-39H2,1-16H3,(H,73,78)/p+1. The third-order valence-electron chi connectivity index (χ3n) is 13.7. The Morgan fingerprint density at radius 3 is 1.65 bits per heavy atom. The number of carbonyl (C=O) groups is 4. The van der Waals surface area contributed by atoms with Crippen molar-refractivity contribution in [1.82, 2.24) is 10.3 Å². The molecule has 7 rings (SSSR count). The van der Waals surface area contributed by atoms with Crippen LogP contribution < -0.4 is 30.3 Å². The summed E-state index contributed by atoms with van der Waals surface area (Å²) in [6, 6.07) is 31.7. The van der Waals surface area contributed by atoms with Gasteiger partial charge >= 0.3 is 24.4 Å². The number of amides is 4. The van der Waals surface area contributed by atoms with Gasteiger partial charge in [-0.15, -0.1) is 4.57 Å². The first-order chi connectivity index (χ1) is 39.9. The molecule has 452 valence electrons. The fourth-order valence-electron chi connectivity index (χ4n) is 10.0. The molecule has 16 heteroatoms. The third kappa shape index (κ3) is 18.4. The molecule has 0 fully saturated rings. The summed E-state index contributed by atoms with van der Waals surface area (Å²) >= 11 is 0. The Bertz CT molecular complexity index is 3490. The van der Waals surface area contributed by atoms with Gasteiger partial charge in [0, 0.05) is 60.4 Å². The van der Waals surface area contributed by atoms with Crippen molar-refractivity contribution >= 4 is 86.3 Å². The number of alkyl carbamates (subject to hydrolysis) is 1. The van der Waals surface area contributed by atoms with Crippen LogP contribution in [0.1, 0.15) is 158 Å². The van der Waals surface area contributed by atoms with Gasteiger partial charge in [0.15, 0.2) is 0 Å². The van der Waals surface area contributed by atoms with Crippen molar-refractivity contribution in [3.63, 3.8) is 0 Å². The number of anilines is 5. The number of nitrogens with zero attached hydrogens (tertiary/aromatic N) is 5. The summed E-state index contributed by atoms with van der Waals surface area (Å²) < 4.78 is 25.4. The zero-order valence-corrected chi connectivity index (χ0v) is 53.0. The van der Waals surface area contributed by atoms with Gasteiger partial charge in [-0.25, -0.2) is 24.2 Å². The molecule has 1 aliphatic carbocycles. The number of aliphatic imine (C=N–C) groups is 1. The Morgan fingerprint density at radius 2 is 1.09 bits per heavy atom. The summed E-state index contributed by atoms with van der Waals surface area (Å²) in [7, 11) is 0. The summed E-state index contributed by atoms with van der Waals surface area (Å²) in [5.41, 5.74) is 10.5. The molecule has 85 heavy (non-hydrogen) atoms. The molecule has 0 radical (unpaired) electrons. The van der Waals surface area contributed by atoms with E-state index < -0.39 is 46.8 Å². The van der Waals surface area contributed by atoms with Crippen LogP contribution in [0.25, 0.3) is 27.8 Å². The lowest BCUT2D eigenvalue weighted by atomic mass is 10.0. The van der Waals surface area contributed by atoms with Crippen molar-refractivity contribution in [3.05, 3.63) is 137 Å². The first-order valence-electron chi connectivity index (χ1n) is 29.7. The van der Waals surface area contributed by atoms with Gasteiger partial charge < -0.3 is 24.3 Å². The number of hydrogen-bond acceptors (Lipinski definition) is 11. The number of para-hydroxylation sites is 2. The number of hydrogen-bond donors (Lipinski definition) is 3. The number of fused-ring (bicyclic) bond motifs is 2. The van der Waals surface area contributed by atoms with Crippen molar-refractivity contribution in [2.45, 2.75) is 185 Å². The number of rotatable bonds is 18. The molecule has 1 aliphatic rings. The molecule has 1 aromatic heterocycles. The van der Waals surface area contributed by atoms with E-state index in [1.165, 1.54) is 0 Å². The highest BCUT2D eigenvalue weighted by atomic mass is 16.6. The van der Waals surface area contributed by atoms with Crippen LogP contribution in [-0.4, -0.2) is 70.6 Å². The lowest BCUT2D eigenvalue weighted by Crippen LogP contribution is -2.39. The molecule has 0 bridgehead atoms. The van der Waals surface area contributed by atoms with E-state index in [9.17, 15) is 19.2 Å². The molecule has 1 heterocycles. The summed E-state index contributed by atoms with van der Waals surface area (Å²) in [6.07, 6.45) is 8.67. The second-order valence-corrected chi connectivity index (χ2v) is 25.9. The van der Waals surface area contributed by atoms with Gasteiger partial charge in [-0.05, 0) is 189 Å². The number of unbranched alkanes of at least 4 members (excludes halogenated alkanes) is 6. The Balaban J connectivity index is 1.06. The quantitative estimate of drug-likeness (QED) is 0.0325. The van der Waals surface area contributed by atoms with Crippen LogP contribution in [0.3, 0.4) is 0 Å². The van der Waals surface area contributed by atoms with Crippen LogP contribution in [0, 0.1) is 20.8 Å². The van der Waals surface area contributed by atoms with Crippen LogP contribution in [0.5, 0.6) is 0 Å². The largest absolute Gasteiger partial charge is 0.444 e. The normalized spacial score (nSPS) is 13.4. The lowest BCUT2D eigenvalue weighted by molar-refractivity contribution is -0.538. The molecular weight excluding hydrogens is 1070 g/mol. The smallest absolute Gasteiger partial charge is 0.414 e. The van der Waals surface area contributed by atoms with Crippen LogP contribution in [0.15, 0.2) is 125 Å².